The van der Waals surface area contributed by atoms with E-state index < -0.39 is 9.84 Å². The van der Waals surface area contributed by atoms with Gasteiger partial charge in [-0.1, -0.05) is 0 Å². The number of fused-ring (bicyclic) bond motifs is 1. The monoisotopic (exact) mass is 421 g/mol. The van der Waals surface area contributed by atoms with Gasteiger partial charge in [-0.2, -0.15) is 0 Å². The summed E-state index contributed by atoms with van der Waals surface area (Å²) in [5, 5.41) is 13.1. The summed E-state index contributed by atoms with van der Waals surface area (Å²) in [5.41, 5.74) is 0.166. The number of likely N-dealkylation sites (tertiary alicyclic amines) is 2. The minimum Gasteiger partial charge on any atom is -0.396 e. The first-order valence-corrected chi connectivity index (χ1v) is 11.9. The van der Waals surface area contributed by atoms with Gasteiger partial charge in [0.05, 0.1) is 18.0 Å². The number of aliphatic hydroxyl groups is 1. The van der Waals surface area contributed by atoms with Gasteiger partial charge in [0.15, 0.2) is 9.84 Å². The van der Waals surface area contributed by atoms with Gasteiger partial charge >= 0.3 is 0 Å². The third-order valence-electron chi connectivity index (χ3n) is 5.80. The Bertz CT molecular complexity index is 960. The Morgan fingerprint density at radius 2 is 2.04 bits per heavy atom. The van der Waals surface area contributed by atoms with E-state index in [4.69, 9.17) is 0 Å². The summed E-state index contributed by atoms with van der Waals surface area (Å²) in [6, 6.07) is 6.06. The maximum atomic E-state index is 12.9. The maximum absolute atomic E-state index is 12.9. The third kappa shape index (κ3) is 3.59. The quantitative estimate of drug-likeness (QED) is 0.778. The number of sulfone groups is 1. The first-order chi connectivity index (χ1) is 13.3. The van der Waals surface area contributed by atoms with Crippen molar-refractivity contribution in [3.8, 4) is 0 Å². The number of aromatic nitrogens is 1. The van der Waals surface area contributed by atoms with E-state index in [9.17, 15) is 18.3 Å². The second-order valence-electron chi connectivity index (χ2n) is 7.80. The van der Waals surface area contributed by atoms with Crippen molar-refractivity contribution in [2.45, 2.75) is 11.4 Å². The molecule has 1 amide bonds. The van der Waals surface area contributed by atoms with E-state index in [2.05, 4.69) is 9.88 Å². The van der Waals surface area contributed by atoms with E-state index in [0.717, 1.165) is 30.9 Å². The first-order valence-electron chi connectivity index (χ1n) is 9.12. The molecule has 150 valence electrons. The van der Waals surface area contributed by atoms with Crippen molar-refractivity contribution >= 4 is 27.1 Å². The van der Waals surface area contributed by atoms with Crippen LogP contribution in [0.3, 0.4) is 0 Å². The average Bonchev–Trinajstić information content (AvgIpc) is 3.35. The molecule has 28 heavy (non-hydrogen) atoms. The fraction of sp³-hybridized carbons (Fsp3) is 0.474. The molecule has 1 aromatic carbocycles. The SMILES string of the molecule is CS(=O)(=O)c1ccc(C(=O)N2CC3CN(Cc4nccs4)CC3(CO)C2)cc1. The number of hydrogen-bond donors (Lipinski definition) is 1. The molecule has 2 fully saturated rings. The van der Waals surface area contributed by atoms with Gasteiger partial charge in [-0.05, 0) is 30.2 Å². The fourth-order valence-corrected chi connectivity index (χ4v) is 5.63. The minimum absolute atomic E-state index is 0.0445. The van der Waals surface area contributed by atoms with Crippen LogP contribution in [0.5, 0.6) is 0 Å². The molecule has 1 aromatic heterocycles. The predicted octanol–water partition coefficient (Wildman–Crippen LogP) is 1.11. The number of carbonyl (C=O) groups is 1. The van der Waals surface area contributed by atoms with Gasteiger partial charge in [0, 0.05) is 55.0 Å². The molecule has 7 nitrogen and oxygen atoms in total. The molecule has 2 aliphatic rings. The van der Waals surface area contributed by atoms with Crippen LogP contribution in [0.4, 0.5) is 0 Å². The molecule has 2 aromatic rings. The number of nitrogens with zero attached hydrogens (tertiary/aromatic N) is 3. The Kier molecular flexibility index (Phi) is 5.03. The Hall–Kier alpha value is -1.81. The molecule has 3 heterocycles. The highest BCUT2D eigenvalue weighted by molar-refractivity contribution is 7.90. The van der Waals surface area contributed by atoms with E-state index in [1.165, 1.54) is 12.1 Å². The highest BCUT2D eigenvalue weighted by Crippen LogP contribution is 2.43. The molecule has 2 saturated heterocycles. The second-order valence-corrected chi connectivity index (χ2v) is 10.8. The van der Waals surface area contributed by atoms with Gasteiger partial charge < -0.3 is 10.0 Å². The third-order valence-corrected chi connectivity index (χ3v) is 7.70. The Balaban J connectivity index is 1.45. The molecule has 0 saturated carbocycles. The zero-order valence-corrected chi connectivity index (χ0v) is 17.2. The van der Waals surface area contributed by atoms with Gasteiger partial charge in [0.1, 0.15) is 5.01 Å². The summed E-state index contributed by atoms with van der Waals surface area (Å²) in [6.07, 6.45) is 2.95. The predicted molar refractivity (Wildman–Crippen MR) is 106 cm³/mol. The van der Waals surface area contributed by atoms with E-state index >= 15 is 0 Å². The molecule has 0 aliphatic carbocycles. The number of benzene rings is 1. The van der Waals surface area contributed by atoms with Crippen LogP contribution in [-0.2, 0) is 16.4 Å². The number of aliphatic hydroxyl groups excluding tert-OH is 1. The highest BCUT2D eigenvalue weighted by Gasteiger charge is 2.53. The van der Waals surface area contributed by atoms with Crippen molar-refractivity contribution in [1.82, 2.24) is 14.8 Å². The molecule has 2 atom stereocenters. The van der Waals surface area contributed by atoms with Crippen molar-refractivity contribution in [2.24, 2.45) is 11.3 Å². The Morgan fingerprint density at radius 3 is 2.61 bits per heavy atom. The Morgan fingerprint density at radius 1 is 1.29 bits per heavy atom. The summed E-state index contributed by atoms with van der Waals surface area (Å²) in [4.78, 5) is 21.5. The minimum atomic E-state index is -3.29. The number of amides is 1. The van der Waals surface area contributed by atoms with Crippen LogP contribution < -0.4 is 0 Å². The number of thiazole rings is 1. The first kappa shape index (κ1) is 19.5. The highest BCUT2D eigenvalue weighted by atomic mass is 32.2. The number of hydrogen-bond acceptors (Lipinski definition) is 7. The van der Waals surface area contributed by atoms with Crippen molar-refractivity contribution in [3.05, 3.63) is 46.4 Å². The molecule has 2 unspecified atom stereocenters. The zero-order chi connectivity index (χ0) is 19.9. The fourth-order valence-electron chi connectivity index (χ4n) is 4.34. The molecule has 9 heteroatoms. The number of rotatable bonds is 5. The lowest BCUT2D eigenvalue weighted by atomic mass is 9.82. The van der Waals surface area contributed by atoms with Gasteiger partial charge in [-0.15, -0.1) is 11.3 Å². The standard InChI is InChI=1S/C19H23N3O4S2/c1-28(25,26)16-4-2-14(3-5-16)18(24)22-9-15-8-21(10-17-20-6-7-27-17)11-19(15,12-22)13-23/h2-7,15,23H,8-13H2,1H3. The molecule has 4 rings (SSSR count). The van der Waals surface area contributed by atoms with Gasteiger partial charge in [0.2, 0.25) is 0 Å². The summed E-state index contributed by atoms with van der Waals surface area (Å²) in [7, 11) is -3.29. The lowest BCUT2D eigenvalue weighted by Gasteiger charge is -2.27. The zero-order valence-electron chi connectivity index (χ0n) is 15.6. The van der Waals surface area contributed by atoms with E-state index in [1.807, 2.05) is 5.38 Å². The average molecular weight is 422 g/mol. The van der Waals surface area contributed by atoms with E-state index in [1.54, 1.807) is 34.6 Å². The van der Waals surface area contributed by atoms with Crippen molar-refractivity contribution in [2.75, 3.05) is 39.0 Å². The van der Waals surface area contributed by atoms with E-state index in [0.29, 0.717) is 18.7 Å². The van der Waals surface area contributed by atoms with Crippen LogP contribution in [0, 0.1) is 11.3 Å². The van der Waals surface area contributed by atoms with Gasteiger partial charge in [-0.25, -0.2) is 13.4 Å². The summed E-state index contributed by atoms with van der Waals surface area (Å²) in [6.45, 7) is 3.50. The molecule has 1 N–H and O–H groups in total. The van der Waals surface area contributed by atoms with Gasteiger partial charge in [-0.3, -0.25) is 9.69 Å². The summed E-state index contributed by atoms with van der Waals surface area (Å²) < 4.78 is 23.2. The molecule has 0 radical (unpaired) electrons. The van der Waals surface area contributed by atoms with Crippen LogP contribution in [0.1, 0.15) is 15.4 Å². The van der Waals surface area contributed by atoms with Crippen LogP contribution >= 0.6 is 11.3 Å². The molecular weight excluding hydrogens is 398 g/mol. The van der Waals surface area contributed by atoms with Crippen molar-refractivity contribution in [3.63, 3.8) is 0 Å². The second kappa shape index (κ2) is 7.22. The van der Waals surface area contributed by atoms with E-state index in [-0.39, 0.29) is 28.7 Å². The van der Waals surface area contributed by atoms with Crippen LogP contribution in [0.15, 0.2) is 40.7 Å². The van der Waals surface area contributed by atoms with Crippen molar-refractivity contribution in [1.29, 1.82) is 0 Å². The van der Waals surface area contributed by atoms with Gasteiger partial charge in [0.25, 0.3) is 5.91 Å². The normalized spacial score (nSPS) is 25.2. The largest absolute Gasteiger partial charge is 0.396 e. The topological polar surface area (TPSA) is 90.8 Å². The molecule has 2 aliphatic heterocycles. The van der Waals surface area contributed by atoms with Crippen LogP contribution in [-0.4, -0.2) is 73.3 Å². The molecular formula is C19H23N3O4S2. The summed E-state index contributed by atoms with van der Waals surface area (Å²) in [5.74, 6) is 0.102. The Labute approximate surface area is 168 Å². The maximum Gasteiger partial charge on any atom is 0.253 e. The van der Waals surface area contributed by atoms with Crippen LogP contribution in [0.2, 0.25) is 0 Å². The number of carbonyl (C=O) groups excluding carboxylic acids is 1. The lowest BCUT2D eigenvalue weighted by molar-refractivity contribution is 0.0718. The molecule has 0 spiro atoms. The smallest absolute Gasteiger partial charge is 0.253 e. The van der Waals surface area contributed by atoms with Crippen LogP contribution in [0.25, 0.3) is 0 Å². The molecule has 0 bridgehead atoms. The lowest BCUT2D eigenvalue weighted by Crippen LogP contribution is -2.38. The van der Waals surface area contributed by atoms with Crippen molar-refractivity contribution < 1.29 is 18.3 Å². The summed E-state index contributed by atoms with van der Waals surface area (Å²) >= 11 is 1.63.